The molecule has 0 fully saturated rings. The third-order valence-electron chi connectivity index (χ3n) is 3.04. The molecule has 1 atom stereocenters. The Morgan fingerprint density at radius 2 is 2.11 bits per heavy atom. The second-order valence-electron chi connectivity index (χ2n) is 5.79. The van der Waals surface area contributed by atoms with Gasteiger partial charge in [0.1, 0.15) is 19.7 Å². The van der Waals surface area contributed by atoms with Crippen molar-refractivity contribution < 1.29 is 13.9 Å². The van der Waals surface area contributed by atoms with E-state index in [1.807, 2.05) is 20.8 Å². The molecule has 0 bridgehead atoms. The van der Waals surface area contributed by atoms with Crippen molar-refractivity contribution in [2.24, 2.45) is 5.41 Å². The largest absolute Gasteiger partial charge is 0.468 e. The van der Waals surface area contributed by atoms with Crippen molar-refractivity contribution >= 4 is 19.3 Å². The van der Waals surface area contributed by atoms with E-state index in [-0.39, 0.29) is 17.2 Å². The molecule has 5 heteroatoms. The van der Waals surface area contributed by atoms with Crippen LogP contribution in [0.2, 0.25) is 0 Å². The molecule has 1 rings (SSSR count). The fourth-order valence-corrected chi connectivity index (χ4v) is 1.90. The maximum absolute atomic E-state index is 13.2. The fraction of sp³-hybridized carbons (Fsp3) is 0.500. The second-order valence-corrected chi connectivity index (χ2v) is 5.79. The lowest BCUT2D eigenvalue weighted by molar-refractivity contribution is -0.146. The molecule has 104 valence electrons. The number of carbonyl (C=O) groups is 1. The van der Waals surface area contributed by atoms with E-state index in [1.165, 1.54) is 13.2 Å². The van der Waals surface area contributed by atoms with Crippen LogP contribution in [0.3, 0.4) is 0 Å². The van der Waals surface area contributed by atoms with Gasteiger partial charge >= 0.3 is 5.97 Å². The van der Waals surface area contributed by atoms with E-state index in [0.717, 1.165) is 5.56 Å². The zero-order chi connectivity index (χ0) is 14.6. The van der Waals surface area contributed by atoms with Crippen LogP contribution in [0.5, 0.6) is 0 Å². The SMILES string of the molecule is Bc1cc(CN[C@H](C(=O)OC)C(C)(C)C)ccc1F. The monoisotopic (exact) mass is 265 g/mol. The summed E-state index contributed by atoms with van der Waals surface area (Å²) < 4.78 is 18.0. The molecule has 0 saturated carbocycles. The van der Waals surface area contributed by atoms with Crippen LogP contribution >= 0.6 is 0 Å². The lowest BCUT2D eigenvalue weighted by atomic mass is 9.86. The van der Waals surface area contributed by atoms with Crippen LogP contribution < -0.4 is 10.8 Å². The Morgan fingerprint density at radius 1 is 1.47 bits per heavy atom. The molecule has 0 amide bonds. The Kier molecular flexibility index (Phi) is 5.12. The summed E-state index contributed by atoms with van der Waals surface area (Å²) in [6.07, 6.45) is 0. The quantitative estimate of drug-likeness (QED) is 0.645. The van der Waals surface area contributed by atoms with Crippen LogP contribution in [-0.4, -0.2) is 27.0 Å². The summed E-state index contributed by atoms with van der Waals surface area (Å²) in [4.78, 5) is 11.8. The summed E-state index contributed by atoms with van der Waals surface area (Å²) in [5, 5.41) is 3.18. The minimum absolute atomic E-state index is 0.218. The molecule has 0 unspecified atom stereocenters. The van der Waals surface area contributed by atoms with Gasteiger partial charge in [0.25, 0.3) is 0 Å². The number of hydrogen-bond donors (Lipinski definition) is 1. The molecule has 1 N–H and O–H groups in total. The maximum Gasteiger partial charge on any atom is 0.323 e. The Labute approximate surface area is 114 Å². The molecular formula is C14H21BFNO2. The topological polar surface area (TPSA) is 38.3 Å². The third kappa shape index (κ3) is 4.35. The van der Waals surface area contributed by atoms with E-state index >= 15 is 0 Å². The summed E-state index contributed by atoms with van der Waals surface area (Å²) in [6.45, 7) is 6.41. The first kappa shape index (κ1) is 15.7. The number of hydrogen-bond acceptors (Lipinski definition) is 3. The fourth-order valence-electron chi connectivity index (χ4n) is 1.90. The normalized spacial score (nSPS) is 13.1. The standard InChI is InChI=1S/C14H21BFNO2/c1-14(2,3)12(13(18)19-4)17-8-9-5-6-11(16)10(15)7-9/h5-7,12,17H,8,15H2,1-4H3/t12-/m1/s1. The van der Waals surface area contributed by atoms with Crippen molar-refractivity contribution in [2.75, 3.05) is 7.11 Å². The zero-order valence-corrected chi connectivity index (χ0v) is 12.2. The van der Waals surface area contributed by atoms with E-state index in [2.05, 4.69) is 5.32 Å². The summed E-state index contributed by atoms with van der Waals surface area (Å²) in [7, 11) is 3.10. The summed E-state index contributed by atoms with van der Waals surface area (Å²) in [5.41, 5.74) is 1.30. The minimum Gasteiger partial charge on any atom is -0.468 e. The van der Waals surface area contributed by atoms with Gasteiger partial charge in [-0.15, -0.1) is 0 Å². The van der Waals surface area contributed by atoms with Gasteiger partial charge in [-0.3, -0.25) is 10.1 Å². The molecule has 0 saturated heterocycles. The molecule has 19 heavy (non-hydrogen) atoms. The van der Waals surface area contributed by atoms with Crippen molar-refractivity contribution in [3.05, 3.63) is 29.6 Å². The van der Waals surface area contributed by atoms with E-state index in [4.69, 9.17) is 4.74 Å². The van der Waals surface area contributed by atoms with Crippen LogP contribution in [0.1, 0.15) is 26.3 Å². The molecule has 0 spiro atoms. The summed E-state index contributed by atoms with van der Waals surface area (Å²) in [5.74, 6) is -0.504. The van der Waals surface area contributed by atoms with E-state index in [9.17, 15) is 9.18 Å². The maximum atomic E-state index is 13.2. The van der Waals surface area contributed by atoms with E-state index < -0.39 is 6.04 Å². The van der Waals surface area contributed by atoms with Gasteiger partial charge in [-0.2, -0.15) is 0 Å². The van der Waals surface area contributed by atoms with Gasteiger partial charge in [0.15, 0.2) is 0 Å². The van der Waals surface area contributed by atoms with Crippen LogP contribution in [0.25, 0.3) is 0 Å². The number of carbonyl (C=O) groups excluding carboxylic acids is 1. The van der Waals surface area contributed by atoms with Gasteiger partial charge in [-0.25, -0.2) is 4.39 Å². The molecular weight excluding hydrogens is 244 g/mol. The van der Waals surface area contributed by atoms with E-state index in [0.29, 0.717) is 12.0 Å². The van der Waals surface area contributed by atoms with Crippen molar-refractivity contribution in [3.63, 3.8) is 0 Å². The first-order chi connectivity index (χ1) is 8.75. The predicted octanol–water partition coefficient (Wildman–Crippen LogP) is 0.761. The van der Waals surface area contributed by atoms with E-state index in [1.54, 1.807) is 20.0 Å². The van der Waals surface area contributed by atoms with Gasteiger partial charge in [0.2, 0.25) is 0 Å². The highest BCUT2D eigenvalue weighted by Crippen LogP contribution is 2.20. The van der Waals surface area contributed by atoms with Gasteiger partial charge in [0, 0.05) is 6.54 Å². The molecule has 0 aliphatic rings. The lowest BCUT2D eigenvalue weighted by Crippen LogP contribution is -2.46. The van der Waals surface area contributed by atoms with Crippen molar-refractivity contribution in [3.8, 4) is 0 Å². The van der Waals surface area contributed by atoms with Crippen LogP contribution in [0.4, 0.5) is 4.39 Å². The molecule has 3 nitrogen and oxygen atoms in total. The molecule has 1 aromatic rings. The van der Waals surface area contributed by atoms with Gasteiger partial charge in [0.05, 0.1) is 7.11 Å². The predicted molar refractivity (Wildman–Crippen MR) is 76.7 cm³/mol. The highest BCUT2D eigenvalue weighted by molar-refractivity contribution is 6.32. The van der Waals surface area contributed by atoms with Crippen LogP contribution in [0.15, 0.2) is 18.2 Å². The molecule has 0 aliphatic carbocycles. The number of halogens is 1. The minimum atomic E-state index is -0.400. The van der Waals surface area contributed by atoms with Crippen LogP contribution in [-0.2, 0) is 16.1 Å². The van der Waals surface area contributed by atoms with Crippen LogP contribution in [0, 0.1) is 11.2 Å². The number of benzene rings is 1. The number of nitrogens with one attached hydrogen (secondary N) is 1. The molecule has 0 heterocycles. The summed E-state index contributed by atoms with van der Waals surface area (Å²) in [6, 6.07) is 4.53. The third-order valence-corrected chi connectivity index (χ3v) is 3.04. The van der Waals surface area contributed by atoms with Gasteiger partial charge < -0.3 is 4.74 Å². The zero-order valence-electron chi connectivity index (χ0n) is 12.2. The highest BCUT2D eigenvalue weighted by atomic mass is 19.1. The highest BCUT2D eigenvalue weighted by Gasteiger charge is 2.31. The molecule has 0 radical (unpaired) electrons. The average Bonchev–Trinajstić information content (AvgIpc) is 2.31. The number of rotatable bonds is 4. The second kappa shape index (κ2) is 6.19. The first-order valence-electron chi connectivity index (χ1n) is 6.32. The lowest BCUT2D eigenvalue weighted by Gasteiger charge is -2.29. The Hall–Kier alpha value is -1.36. The number of esters is 1. The summed E-state index contributed by atoms with van der Waals surface area (Å²) >= 11 is 0. The Bertz CT molecular complexity index is 457. The van der Waals surface area contributed by atoms with Crippen molar-refractivity contribution in [1.82, 2.24) is 5.32 Å². The van der Waals surface area contributed by atoms with Gasteiger partial charge in [-0.1, -0.05) is 38.4 Å². The molecule has 0 aromatic heterocycles. The number of ether oxygens (including phenoxy) is 1. The molecule has 1 aromatic carbocycles. The smallest absolute Gasteiger partial charge is 0.323 e. The Morgan fingerprint density at radius 3 is 2.58 bits per heavy atom. The van der Waals surface area contributed by atoms with Crippen molar-refractivity contribution in [1.29, 1.82) is 0 Å². The Balaban J connectivity index is 2.76. The average molecular weight is 265 g/mol. The molecule has 0 aliphatic heterocycles. The van der Waals surface area contributed by atoms with Crippen molar-refractivity contribution in [2.45, 2.75) is 33.4 Å². The number of methoxy groups -OCH3 is 1. The first-order valence-corrected chi connectivity index (χ1v) is 6.32. The van der Waals surface area contributed by atoms with Gasteiger partial charge in [-0.05, 0) is 17.0 Å².